The molecule has 156 valence electrons. The molecule has 0 bridgehead atoms. The van der Waals surface area contributed by atoms with Crippen LogP contribution in [0.1, 0.15) is 60.5 Å². The van der Waals surface area contributed by atoms with E-state index in [0.29, 0.717) is 22.8 Å². The Kier molecular flexibility index (Phi) is 6.43. The number of benzene rings is 1. The number of amides is 1. The van der Waals surface area contributed by atoms with Gasteiger partial charge in [-0.15, -0.1) is 5.10 Å². The number of allylic oxidation sites excluding steroid dienone is 4. The average molecular weight is 425 g/mol. The van der Waals surface area contributed by atoms with Crippen molar-refractivity contribution in [3.8, 4) is 0 Å². The van der Waals surface area contributed by atoms with Gasteiger partial charge in [-0.3, -0.25) is 14.3 Å². The van der Waals surface area contributed by atoms with Crippen molar-refractivity contribution in [2.75, 3.05) is 11.4 Å². The SMILES string of the molecule is O=C1C(=O)N(CCCCCCCCn2cc(C3C=CC=C3)nn2)c2ccc(Cl)cc21. The molecule has 0 atom stereocenters. The highest BCUT2D eigenvalue weighted by Crippen LogP contribution is 2.31. The molecule has 0 unspecified atom stereocenters. The number of carbonyl (C=O) groups is 2. The van der Waals surface area contributed by atoms with Gasteiger partial charge in [-0.1, -0.05) is 66.8 Å². The number of unbranched alkanes of at least 4 members (excludes halogenated alkanes) is 5. The van der Waals surface area contributed by atoms with Crippen LogP contribution in [0.4, 0.5) is 5.69 Å². The molecule has 0 N–H and O–H groups in total. The maximum Gasteiger partial charge on any atom is 0.299 e. The molecule has 1 aliphatic carbocycles. The number of ketones is 1. The third-order valence-corrected chi connectivity index (χ3v) is 5.83. The first-order valence-corrected chi connectivity index (χ1v) is 10.9. The number of hydrogen-bond acceptors (Lipinski definition) is 4. The van der Waals surface area contributed by atoms with Crippen molar-refractivity contribution in [3.63, 3.8) is 0 Å². The quantitative estimate of drug-likeness (QED) is 0.409. The van der Waals surface area contributed by atoms with Crippen molar-refractivity contribution in [1.82, 2.24) is 15.0 Å². The summed E-state index contributed by atoms with van der Waals surface area (Å²) in [6.07, 6.45) is 16.7. The first-order chi connectivity index (χ1) is 14.6. The van der Waals surface area contributed by atoms with Crippen LogP contribution >= 0.6 is 11.6 Å². The number of aromatic nitrogens is 3. The number of fused-ring (bicyclic) bond motifs is 1. The van der Waals surface area contributed by atoms with Crippen LogP contribution in [0.15, 0.2) is 48.7 Å². The molecule has 1 aromatic heterocycles. The lowest BCUT2D eigenvalue weighted by Crippen LogP contribution is -2.30. The van der Waals surface area contributed by atoms with E-state index in [1.807, 2.05) is 23.0 Å². The number of nitrogens with zero attached hydrogens (tertiary/aromatic N) is 4. The number of rotatable bonds is 10. The van der Waals surface area contributed by atoms with E-state index in [4.69, 9.17) is 11.6 Å². The number of hydrogen-bond donors (Lipinski definition) is 0. The van der Waals surface area contributed by atoms with E-state index < -0.39 is 11.7 Å². The standard InChI is InChI=1S/C23H25ClN4O2/c24-18-11-12-21-19(15-18)22(29)23(30)28(21)14-8-4-2-1-3-7-13-27-16-20(25-26-27)17-9-5-6-10-17/h5-6,9-12,15-17H,1-4,7-8,13-14H2. The normalized spacial score (nSPS) is 15.6. The number of halogens is 1. The highest BCUT2D eigenvalue weighted by molar-refractivity contribution is 6.52. The van der Waals surface area contributed by atoms with Gasteiger partial charge in [0.15, 0.2) is 0 Å². The topological polar surface area (TPSA) is 68.1 Å². The maximum absolute atomic E-state index is 12.2. The zero-order valence-corrected chi connectivity index (χ0v) is 17.6. The minimum atomic E-state index is -0.455. The summed E-state index contributed by atoms with van der Waals surface area (Å²) >= 11 is 5.94. The lowest BCUT2D eigenvalue weighted by molar-refractivity contribution is -0.114. The minimum absolute atomic E-state index is 0.264. The number of carbonyl (C=O) groups excluding carboxylic acids is 2. The van der Waals surface area contributed by atoms with Crippen LogP contribution in [-0.2, 0) is 11.3 Å². The summed E-state index contributed by atoms with van der Waals surface area (Å²) in [5.74, 6) is -0.632. The van der Waals surface area contributed by atoms with Gasteiger partial charge in [0.2, 0.25) is 0 Å². The van der Waals surface area contributed by atoms with Gasteiger partial charge in [0.1, 0.15) is 0 Å². The van der Waals surface area contributed by atoms with E-state index in [0.717, 1.165) is 50.8 Å². The summed E-state index contributed by atoms with van der Waals surface area (Å²) in [6, 6.07) is 5.06. The first kappa shape index (κ1) is 20.5. The van der Waals surface area contributed by atoms with Crippen molar-refractivity contribution >= 4 is 29.0 Å². The maximum atomic E-state index is 12.2. The zero-order valence-electron chi connectivity index (χ0n) is 16.8. The largest absolute Gasteiger partial charge is 0.305 e. The number of aryl methyl sites for hydroxylation is 1. The van der Waals surface area contributed by atoms with Gasteiger partial charge >= 0.3 is 0 Å². The third-order valence-electron chi connectivity index (χ3n) is 5.60. The van der Waals surface area contributed by atoms with Crippen LogP contribution in [0.2, 0.25) is 5.02 Å². The van der Waals surface area contributed by atoms with E-state index in [-0.39, 0.29) is 5.92 Å². The Morgan fingerprint density at radius 1 is 0.933 bits per heavy atom. The van der Waals surface area contributed by atoms with E-state index >= 15 is 0 Å². The van der Waals surface area contributed by atoms with Gasteiger partial charge in [0, 0.05) is 30.2 Å². The monoisotopic (exact) mass is 424 g/mol. The van der Waals surface area contributed by atoms with Crippen LogP contribution in [0, 0.1) is 0 Å². The second-order valence-corrected chi connectivity index (χ2v) is 8.21. The summed E-state index contributed by atoms with van der Waals surface area (Å²) in [6.45, 7) is 1.46. The fourth-order valence-corrected chi connectivity index (χ4v) is 4.12. The average Bonchev–Trinajstić information content (AvgIpc) is 3.47. The third kappa shape index (κ3) is 4.54. The van der Waals surface area contributed by atoms with Gasteiger partial charge in [0.05, 0.1) is 16.9 Å². The van der Waals surface area contributed by atoms with Crippen molar-refractivity contribution < 1.29 is 9.59 Å². The Hall–Kier alpha value is -2.73. The van der Waals surface area contributed by atoms with Crippen LogP contribution in [0.3, 0.4) is 0 Å². The predicted octanol–water partition coefficient (Wildman–Crippen LogP) is 4.71. The smallest absolute Gasteiger partial charge is 0.299 e. The summed E-state index contributed by atoms with van der Waals surface area (Å²) in [5.41, 5.74) is 2.10. The van der Waals surface area contributed by atoms with Crippen molar-refractivity contribution in [2.24, 2.45) is 0 Å². The van der Waals surface area contributed by atoms with Gasteiger partial charge in [-0.25, -0.2) is 0 Å². The molecule has 2 aliphatic rings. The molecule has 6 nitrogen and oxygen atoms in total. The van der Waals surface area contributed by atoms with E-state index in [1.165, 1.54) is 0 Å². The van der Waals surface area contributed by atoms with Crippen LogP contribution < -0.4 is 4.90 Å². The molecular formula is C23H25ClN4O2. The Labute approximate surface area is 181 Å². The Morgan fingerprint density at radius 2 is 1.63 bits per heavy atom. The van der Waals surface area contributed by atoms with Gasteiger partial charge < -0.3 is 4.90 Å². The van der Waals surface area contributed by atoms with Crippen LogP contribution in [-0.4, -0.2) is 33.2 Å². The first-order valence-electron chi connectivity index (χ1n) is 10.5. The lowest BCUT2D eigenvalue weighted by Gasteiger charge is -2.16. The molecule has 0 saturated carbocycles. The summed E-state index contributed by atoms with van der Waals surface area (Å²) in [5, 5.41) is 8.95. The van der Waals surface area contributed by atoms with Crippen LogP contribution in [0.5, 0.6) is 0 Å². The van der Waals surface area contributed by atoms with E-state index in [2.05, 4.69) is 22.5 Å². The molecule has 7 heteroatoms. The van der Waals surface area contributed by atoms with Gasteiger partial charge in [-0.05, 0) is 31.0 Å². The van der Waals surface area contributed by atoms with Gasteiger partial charge in [-0.2, -0.15) is 0 Å². The molecule has 2 aromatic rings. The molecule has 1 amide bonds. The molecule has 1 aromatic carbocycles. The van der Waals surface area contributed by atoms with Crippen molar-refractivity contribution in [1.29, 1.82) is 0 Å². The second kappa shape index (κ2) is 9.39. The Bertz CT molecular complexity index is 983. The Balaban J connectivity index is 1.12. The number of Topliss-reactive ketones (excluding diaryl/α,β-unsaturated/α-hetero) is 1. The highest BCUT2D eigenvalue weighted by atomic mass is 35.5. The molecule has 4 rings (SSSR count). The minimum Gasteiger partial charge on any atom is -0.305 e. The molecule has 0 radical (unpaired) electrons. The zero-order chi connectivity index (χ0) is 20.9. The second-order valence-electron chi connectivity index (χ2n) is 7.77. The van der Waals surface area contributed by atoms with Crippen molar-refractivity contribution in [2.45, 2.75) is 51.0 Å². The molecule has 2 heterocycles. The fraction of sp³-hybridized carbons (Fsp3) is 0.391. The molecule has 0 fully saturated rings. The number of anilines is 1. The van der Waals surface area contributed by atoms with E-state index in [1.54, 1.807) is 23.1 Å². The summed E-state index contributed by atoms with van der Waals surface area (Å²) in [7, 11) is 0. The molecular weight excluding hydrogens is 400 g/mol. The highest BCUT2D eigenvalue weighted by Gasteiger charge is 2.35. The fourth-order valence-electron chi connectivity index (χ4n) is 3.95. The summed E-state index contributed by atoms with van der Waals surface area (Å²) in [4.78, 5) is 25.9. The predicted molar refractivity (Wildman–Crippen MR) is 117 cm³/mol. The van der Waals surface area contributed by atoms with Crippen molar-refractivity contribution in [3.05, 3.63) is 65.0 Å². The molecule has 0 saturated heterocycles. The van der Waals surface area contributed by atoms with Gasteiger partial charge in [0.25, 0.3) is 11.7 Å². The lowest BCUT2D eigenvalue weighted by atomic mass is 10.1. The van der Waals surface area contributed by atoms with Crippen LogP contribution in [0.25, 0.3) is 0 Å². The summed E-state index contributed by atoms with van der Waals surface area (Å²) < 4.78 is 1.93. The molecule has 30 heavy (non-hydrogen) atoms. The Morgan fingerprint density at radius 3 is 2.40 bits per heavy atom. The van der Waals surface area contributed by atoms with E-state index in [9.17, 15) is 9.59 Å². The molecule has 0 spiro atoms. The molecule has 1 aliphatic heterocycles.